The second kappa shape index (κ2) is 11.5. The molecule has 212 valence electrons. The van der Waals surface area contributed by atoms with Crippen molar-refractivity contribution in [3.63, 3.8) is 0 Å². The van der Waals surface area contributed by atoms with E-state index in [-0.39, 0.29) is 13.0 Å². The first-order valence-corrected chi connectivity index (χ1v) is 13.8. The van der Waals surface area contributed by atoms with Crippen LogP contribution in [0.25, 0.3) is 0 Å². The van der Waals surface area contributed by atoms with Crippen LogP contribution >= 0.6 is 0 Å². The number of carbonyl (C=O) groups is 2. The summed E-state index contributed by atoms with van der Waals surface area (Å²) in [5.41, 5.74) is 1.68. The third-order valence-corrected chi connectivity index (χ3v) is 7.52. The Hall–Kier alpha value is -4.95. The molecule has 4 aromatic carbocycles. The van der Waals surface area contributed by atoms with Crippen LogP contribution in [0.2, 0.25) is 0 Å². The Morgan fingerprint density at radius 2 is 1.74 bits per heavy atom. The molecule has 4 aromatic rings. The lowest BCUT2D eigenvalue weighted by atomic mass is 9.78. The number of hydrogen-bond donors (Lipinski definition) is 1. The highest BCUT2D eigenvalue weighted by atomic mass is 16.5. The minimum absolute atomic E-state index is 0.0530. The summed E-state index contributed by atoms with van der Waals surface area (Å²) in [6.07, 6.45) is -0.0479. The van der Waals surface area contributed by atoms with E-state index in [9.17, 15) is 9.59 Å². The average molecular weight is 563 g/mol. The Morgan fingerprint density at radius 1 is 0.976 bits per heavy atom. The Balaban J connectivity index is 1.47. The second-order valence-electron chi connectivity index (χ2n) is 10.2. The van der Waals surface area contributed by atoms with E-state index in [1.807, 2.05) is 60.7 Å². The van der Waals surface area contributed by atoms with Gasteiger partial charge >= 0.3 is 0 Å². The van der Waals surface area contributed by atoms with Crippen molar-refractivity contribution in [1.29, 1.82) is 0 Å². The molecule has 0 radical (unpaired) electrons. The number of aliphatic hydroxyl groups is 1. The first-order chi connectivity index (χ1) is 20.5. The van der Waals surface area contributed by atoms with Gasteiger partial charge in [-0.15, -0.1) is 0 Å². The molecular weight excluding hydrogens is 532 g/mol. The Kier molecular flexibility index (Phi) is 7.46. The van der Waals surface area contributed by atoms with Gasteiger partial charge in [0, 0.05) is 30.6 Å². The van der Waals surface area contributed by atoms with Crippen molar-refractivity contribution in [3.05, 3.63) is 125 Å². The zero-order chi connectivity index (χ0) is 29.1. The fraction of sp³-hybridized carbons (Fsp3) is 0.206. The summed E-state index contributed by atoms with van der Waals surface area (Å²) in [7, 11) is 1.58. The number of anilines is 1. The van der Waals surface area contributed by atoms with E-state index in [0.717, 1.165) is 5.56 Å². The van der Waals surface area contributed by atoms with E-state index in [1.165, 1.54) is 4.90 Å². The molecule has 1 spiro atoms. The third kappa shape index (κ3) is 4.90. The van der Waals surface area contributed by atoms with Crippen molar-refractivity contribution in [2.75, 3.05) is 25.2 Å². The maximum atomic E-state index is 14.7. The fourth-order valence-corrected chi connectivity index (χ4v) is 5.46. The molecule has 42 heavy (non-hydrogen) atoms. The van der Waals surface area contributed by atoms with Crippen molar-refractivity contribution < 1.29 is 28.9 Å². The molecule has 0 fully saturated rings. The van der Waals surface area contributed by atoms with Gasteiger partial charge in [0.1, 0.15) is 11.5 Å². The van der Waals surface area contributed by atoms with Gasteiger partial charge in [0.15, 0.2) is 11.6 Å². The van der Waals surface area contributed by atoms with E-state index in [4.69, 9.17) is 24.3 Å². The molecule has 8 nitrogen and oxygen atoms in total. The van der Waals surface area contributed by atoms with Gasteiger partial charge in [-0.25, -0.2) is 9.89 Å². The molecule has 8 heteroatoms. The maximum absolute atomic E-state index is 14.7. The summed E-state index contributed by atoms with van der Waals surface area (Å²) < 4.78 is 17.7. The molecule has 0 aromatic heterocycles. The quantitative estimate of drug-likeness (QED) is 0.236. The molecule has 0 unspecified atom stereocenters. The SMILES string of the molecule is COc1cccc([C@@H]2OC(c3ccc(OCCCO)cc3)=N[C@@]23Cc2ccccc2N(C(=O)c2ccccc2)C3=O)c1. The van der Waals surface area contributed by atoms with Crippen molar-refractivity contribution in [1.82, 2.24) is 0 Å². The van der Waals surface area contributed by atoms with E-state index in [0.29, 0.717) is 52.8 Å². The number of hydrogen-bond acceptors (Lipinski definition) is 7. The van der Waals surface area contributed by atoms with Crippen LogP contribution in [0, 0.1) is 0 Å². The van der Waals surface area contributed by atoms with Crippen molar-refractivity contribution >= 4 is 23.4 Å². The maximum Gasteiger partial charge on any atom is 0.266 e. The molecule has 2 heterocycles. The topological polar surface area (TPSA) is 97.7 Å². The van der Waals surface area contributed by atoms with Crippen LogP contribution in [-0.2, 0) is 16.0 Å². The van der Waals surface area contributed by atoms with Crippen molar-refractivity contribution in [2.24, 2.45) is 4.99 Å². The van der Waals surface area contributed by atoms with Crippen LogP contribution in [0.5, 0.6) is 11.5 Å². The van der Waals surface area contributed by atoms with Crippen molar-refractivity contribution in [2.45, 2.75) is 24.5 Å². The van der Waals surface area contributed by atoms with Gasteiger partial charge in [-0.3, -0.25) is 9.59 Å². The Bertz CT molecular complexity index is 1640. The van der Waals surface area contributed by atoms with E-state index < -0.39 is 23.5 Å². The van der Waals surface area contributed by atoms with E-state index >= 15 is 0 Å². The summed E-state index contributed by atoms with van der Waals surface area (Å²) in [6.45, 7) is 0.449. The van der Waals surface area contributed by atoms with Crippen LogP contribution in [0.1, 0.15) is 39.6 Å². The highest BCUT2D eigenvalue weighted by molar-refractivity contribution is 6.25. The Morgan fingerprint density at radius 3 is 2.50 bits per heavy atom. The number of benzene rings is 4. The van der Waals surface area contributed by atoms with Gasteiger partial charge in [-0.2, -0.15) is 0 Å². The number of imide groups is 1. The number of aliphatic imine (C=N–C) groups is 1. The highest BCUT2D eigenvalue weighted by Crippen LogP contribution is 2.48. The normalized spacial score (nSPS) is 19.2. The first kappa shape index (κ1) is 27.2. The molecule has 0 aliphatic carbocycles. The molecule has 0 saturated carbocycles. The number of aliphatic hydroxyl groups excluding tert-OH is 1. The molecule has 2 aliphatic heterocycles. The number of carbonyl (C=O) groups excluding carboxylic acids is 2. The second-order valence-corrected chi connectivity index (χ2v) is 10.2. The highest BCUT2D eigenvalue weighted by Gasteiger charge is 2.58. The van der Waals surface area contributed by atoms with E-state index in [1.54, 1.807) is 49.6 Å². The molecular formula is C34H30N2O6. The van der Waals surface area contributed by atoms with Crippen LogP contribution in [0.3, 0.4) is 0 Å². The van der Waals surface area contributed by atoms with Gasteiger partial charge < -0.3 is 19.3 Å². The molecule has 6 rings (SSSR count). The van der Waals surface area contributed by atoms with Crippen molar-refractivity contribution in [3.8, 4) is 11.5 Å². The van der Waals surface area contributed by atoms with E-state index in [2.05, 4.69) is 0 Å². The van der Waals surface area contributed by atoms with Gasteiger partial charge in [0.2, 0.25) is 5.90 Å². The van der Waals surface area contributed by atoms with Gasteiger partial charge in [-0.05, 0) is 65.7 Å². The lowest BCUT2D eigenvalue weighted by Crippen LogP contribution is -2.57. The fourth-order valence-electron chi connectivity index (χ4n) is 5.46. The van der Waals surface area contributed by atoms with Gasteiger partial charge in [0.05, 0.1) is 19.4 Å². The molecule has 2 aliphatic rings. The summed E-state index contributed by atoms with van der Waals surface area (Å²) in [5.74, 6) is 0.674. The minimum atomic E-state index is -1.45. The lowest BCUT2D eigenvalue weighted by Gasteiger charge is -2.39. The minimum Gasteiger partial charge on any atom is -0.497 e. The number of nitrogens with zero attached hydrogens (tertiary/aromatic N) is 2. The standard InChI is InChI=1S/C34H30N2O6/c1-40-28-13-7-12-25(21-28)30-34(35-31(42-30)23-15-17-27(18-16-23)41-20-8-19-37)22-26-11-5-6-14-29(26)36(33(34)39)32(38)24-9-3-2-4-10-24/h2-7,9-18,21,30,37H,8,19-20,22H2,1H3/t30-,34-/m0/s1. The summed E-state index contributed by atoms with van der Waals surface area (Å²) in [6, 6.07) is 30.8. The molecule has 2 amide bonds. The predicted octanol–water partition coefficient (Wildman–Crippen LogP) is 5.14. The largest absolute Gasteiger partial charge is 0.497 e. The first-order valence-electron chi connectivity index (χ1n) is 13.8. The lowest BCUT2D eigenvalue weighted by molar-refractivity contribution is -0.126. The average Bonchev–Trinajstić information content (AvgIpc) is 3.42. The van der Waals surface area contributed by atoms with Crippen LogP contribution < -0.4 is 14.4 Å². The molecule has 1 N–H and O–H groups in total. The smallest absolute Gasteiger partial charge is 0.266 e. The van der Waals surface area contributed by atoms with Crippen LogP contribution in [0.15, 0.2) is 108 Å². The monoisotopic (exact) mass is 562 g/mol. The number of rotatable bonds is 8. The molecule has 0 bridgehead atoms. The number of methoxy groups -OCH3 is 1. The van der Waals surface area contributed by atoms with Gasteiger partial charge in [0.25, 0.3) is 11.8 Å². The summed E-state index contributed by atoms with van der Waals surface area (Å²) >= 11 is 0. The number of ether oxygens (including phenoxy) is 3. The third-order valence-electron chi connectivity index (χ3n) is 7.52. The molecule has 0 saturated heterocycles. The zero-order valence-electron chi connectivity index (χ0n) is 23.1. The summed E-state index contributed by atoms with van der Waals surface area (Å²) in [5, 5.41) is 9.03. The van der Waals surface area contributed by atoms with Crippen LogP contribution in [0.4, 0.5) is 5.69 Å². The summed E-state index contributed by atoms with van der Waals surface area (Å²) in [4.78, 5) is 34.9. The number of para-hydroxylation sites is 1. The number of amides is 2. The van der Waals surface area contributed by atoms with Crippen LogP contribution in [-0.4, -0.2) is 48.7 Å². The van der Waals surface area contributed by atoms with Gasteiger partial charge in [-0.1, -0.05) is 48.5 Å². The molecule has 2 atom stereocenters. The Labute approximate surface area is 243 Å². The zero-order valence-corrected chi connectivity index (χ0v) is 23.1. The predicted molar refractivity (Wildman–Crippen MR) is 158 cm³/mol. The number of fused-ring (bicyclic) bond motifs is 1.